The molecule has 3 N–H and O–H groups in total. The lowest BCUT2D eigenvalue weighted by Crippen LogP contribution is -2.40. The number of halogens is 7. The Hall–Kier alpha value is -8.99. The average Bonchev–Trinajstić information content (AvgIpc) is 3.49. The predicted molar refractivity (Wildman–Crippen MR) is 268 cm³/mol. The normalized spacial score (nSPS) is 11.6. The van der Waals surface area contributed by atoms with E-state index in [9.17, 15) is 58.7 Å². The van der Waals surface area contributed by atoms with E-state index in [2.05, 4.69) is 19.9 Å². The van der Waals surface area contributed by atoms with E-state index in [0.29, 0.717) is 54.6 Å². The number of aryl methyl sites for hydroxylation is 1. The van der Waals surface area contributed by atoms with Gasteiger partial charge in [-0.05, 0) is 85.6 Å². The van der Waals surface area contributed by atoms with Crippen LogP contribution in [-0.4, -0.2) is 94.6 Å². The molecule has 2 amide bonds. The van der Waals surface area contributed by atoms with Gasteiger partial charge in [-0.15, -0.1) is 0 Å². The minimum absolute atomic E-state index is 0.0101. The van der Waals surface area contributed by atoms with Crippen LogP contribution in [0.1, 0.15) is 36.2 Å². The number of urea groups is 1. The standard InChI is InChI=1S/C25H25F3N2O6.C13H12F3N5O5S.C11H8ClNO3/c1-5-16-6-7-17(20(12-16)36-15(2)23(32)34-4)14-35-19-10-8-18(9-11-19)30-22(31)13-21(25(26,27)28)29(3)24(30)33;1-25-8-6-9(26-2)19-11(18-8)20-12(22)21-27(23,24)10-7(13(14,15)16)4-3-5-17-10;12-8-3-4-9(16-6-10(14)15)11-7(8)2-1-5-13-11/h6-13,15H,5,14H2,1-4H3;3-6H,1-2H3,(H2,18,19,20,21,22);1-5H,6H2,(H,14,15). The molecule has 0 aliphatic rings. The lowest BCUT2D eigenvalue weighted by atomic mass is 10.1. The third-order valence-corrected chi connectivity index (χ3v) is 12.0. The fourth-order valence-electron chi connectivity index (χ4n) is 6.60. The first-order chi connectivity index (χ1) is 37.2. The van der Waals surface area contributed by atoms with Gasteiger partial charge in [-0.3, -0.25) is 19.7 Å². The molecule has 420 valence electrons. The fraction of sp³-hybridized carbons (Fsp3) is 0.245. The molecule has 1 atom stereocenters. The zero-order valence-corrected chi connectivity index (χ0v) is 43.6. The summed E-state index contributed by atoms with van der Waals surface area (Å²) in [5.74, 6) is -0.722. The van der Waals surface area contributed by atoms with Gasteiger partial charge in [-0.1, -0.05) is 30.7 Å². The van der Waals surface area contributed by atoms with E-state index in [4.69, 9.17) is 45.1 Å². The van der Waals surface area contributed by atoms with Crippen LogP contribution in [0.3, 0.4) is 0 Å². The number of hydrogen-bond acceptors (Lipinski definition) is 17. The van der Waals surface area contributed by atoms with E-state index >= 15 is 0 Å². The second kappa shape index (κ2) is 26.4. The number of fused-ring (bicyclic) bond motifs is 1. The van der Waals surface area contributed by atoms with Crippen molar-refractivity contribution in [1.82, 2.24) is 33.8 Å². The number of carboxylic acid groups (broad SMARTS) is 1. The highest BCUT2D eigenvalue weighted by atomic mass is 35.5. The summed E-state index contributed by atoms with van der Waals surface area (Å²) in [5.41, 5.74) is -2.76. The summed E-state index contributed by atoms with van der Waals surface area (Å²) in [5, 5.41) is 10.4. The Morgan fingerprint density at radius 2 is 1.46 bits per heavy atom. The monoisotopic (exact) mass is 1150 g/mol. The highest BCUT2D eigenvalue weighted by Gasteiger charge is 2.39. The molecule has 0 bridgehead atoms. The number of alkyl halides is 6. The third-order valence-electron chi connectivity index (χ3n) is 10.4. The fourth-order valence-corrected chi connectivity index (χ4v) is 7.88. The summed E-state index contributed by atoms with van der Waals surface area (Å²) in [6, 6.07) is 19.8. The minimum Gasteiger partial charge on any atom is -0.489 e. The van der Waals surface area contributed by atoms with Gasteiger partial charge in [0, 0.05) is 36.5 Å². The van der Waals surface area contributed by atoms with Crippen LogP contribution in [0, 0.1) is 0 Å². The molecule has 0 fully saturated rings. The summed E-state index contributed by atoms with van der Waals surface area (Å²) in [7, 11) is -0.170. The molecule has 7 rings (SSSR count). The van der Waals surface area contributed by atoms with Gasteiger partial charge in [-0.25, -0.2) is 33.5 Å². The summed E-state index contributed by atoms with van der Waals surface area (Å²) in [4.78, 5) is 73.6. The Labute approximate surface area is 448 Å². The van der Waals surface area contributed by atoms with Crippen LogP contribution in [0.15, 0.2) is 118 Å². The molecule has 30 heteroatoms. The first-order valence-electron chi connectivity index (χ1n) is 22.4. The Morgan fingerprint density at radius 3 is 2.05 bits per heavy atom. The zero-order chi connectivity index (χ0) is 58.4. The smallest absolute Gasteiger partial charge is 0.431 e. The number of nitrogens with one attached hydrogen (secondary N) is 2. The minimum atomic E-state index is -4.99. The number of carbonyl (C=O) groups excluding carboxylic acids is 2. The lowest BCUT2D eigenvalue weighted by molar-refractivity contribution is -0.148. The topological polar surface area (TPSA) is 281 Å². The molecular formula is C49H45ClF6N8O14S. The number of nitrogens with zero attached hydrogens (tertiary/aromatic N) is 6. The van der Waals surface area contributed by atoms with Crippen LogP contribution in [0.2, 0.25) is 5.02 Å². The highest BCUT2D eigenvalue weighted by Crippen LogP contribution is 2.34. The van der Waals surface area contributed by atoms with Crippen molar-refractivity contribution < 1.29 is 82.7 Å². The number of aromatic nitrogens is 6. The van der Waals surface area contributed by atoms with Gasteiger partial charge in [-0.2, -0.15) is 44.7 Å². The van der Waals surface area contributed by atoms with Crippen molar-refractivity contribution in [2.75, 3.05) is 33.3 Å². The summed E-state index contributed by atoms with van der Waals surface area (Å²) in [6.07, 6.45) is -7.45. The molecular weight excluding hydrogens is 1110 g/mol. The van der Waals surface area contributed by atoms with E-state index in [-0.39, 0.29) is 24.1 Å². The van der Waals surface area contributed by atoms with Crippen molar-refractivity contribution >= 4 is 56.4 Å². The third kappa shape index (κ3) is 16.3. The van der Waals surface area contributed by atoms with Gasteiger partial charge >= 0.3 is 36.0 Å². The van der Waals surface area contributed by atoms with Gasteiger partial charge in [0.1, 0.15) is 35.1 Å². The maximum Gasteiger partial charge on any atom is 0.431 e. The van der Waals surface area contributed by atoms with Crippen molar-refractivity contribution in [2.45, 2.75) is 50.4 Å². The van der Waals surface area contributed by atoms with Crippen LogP contribution in [0.4, 0.5) is 37.1 Å². The summed E-state index contributed by atoms with van der Waals surface area (Å²) in [6.45, 7) is 3.24. The number of pyridine rings is 2. The lowest BCUT2D eigenvalue weighted by Gasteiger charge is -2.17. The van der Waals surface area contributed by atoms with E-state index in [1.165, 1.54) is 56.4 Å². The van der Waals surface area contributed by atoms with Crippen molar-refractivity contribution in [3.8, 4) is 34.7 Å². The second-order valence-corrected chi connectivity index (χ2v) is 17.7. The van der Waals surface area contributed by atoms with Crippen LogP contribution in [0.25, 0.3) is 16.6 Å². The van der Waals surface area contributed by atoms with Crippen molar-refractivity contribution in [1.29, 1.82) is 0 Å². The quantitative estimate of drug-likeness (QED) is 0.0627. The Kier molecular flexibility index (Phi) is 20.3. The molecule has 4 aromatic heterocycles. The number of carboxylic acids is 1. The molecule has 7 aromatic rings. The second-order valence-electron chi connectivity index (χ2n) is 15.7. The summed E-state index contributed by atoms with van der Waals surface area (Å²) >= 11 is 5.98. The predicted octanol–water partition coefficient (Wildman–Crippen LogP) is 7.41. The molecule has 3 aromatic carbocycles. The first-order valence-corrected chi connectivity index (χ1v) is 24.3. The number of sulfonamides is 1. The molecule has 0 aliphatic carbocycles. The molecule has 79 heavy (non-hydrogen) atoms. The first kappa shape index (κ1) is 60.9. The van der Waals surface area contributed by atoms with Gasteiger partial charge in [0.15, 0.2) is 17.7 Å². The molecule has 22 nitrogen and oxygen atoms in total. The van der Waals surface area contributed by atoms with Crippen molar-refractivity contribution in [2.24, 2.45) is 7.05 Å². The number of benzene rings is 3. The number of ether oxygens (including phenoxy) is 6. The maximum atomic E-state index is 13.1. The molecule has 4 heterocycles. The Bertz CT molecular complexity index is 3550. The SMILES string of the molecule is CCc1ccc(COc2ccc(-n3c(=O)cc(C(F)(F)F)n(C)c3=O)cc2)c(OC(C)C(=O)OC)c1.COc1cc(OC)nc(NC(=O)NS(=O)(=O)c2ncccc2C(F)(F)F)n1.O=C(O)COc1ccc(Cl)c2cccnc12. The van der Waals surface area contributed by atoms with E-state index < -0.39 is 86.5 Å². The van der Waals surface area contributed by atoms with Crippen LogP contribution < -0.4 is 45.0 Å². The van der Waals surface area contributed by atoms with Crippen LogP contribution in [-0.2, 0) is 56.8 Å². The zero-order valence-electron chi connectivity index (χ0n) is 42.0. The number of methoxy groups -OCH3 is 3. The van der Waals surface area contributed by atoms with Crippen LogP contribution >= 0.6 is 11.6 Å². The molecule has 0 aliphatic heterocycles. The molecule has 0 saturated heterocycles. The number of anilines is 1. The van der Waals surface area contributed by atoms with Crippen molar-refractivity contribution in [3.05, 3.63) is 152 Å². The van der Waals surface area contributed by atoms with Gasteiger partial charge < -0.3 is 33.5 Å². The van der Waals surface area contributed by atoms with E-state index in [0.717, 1.165) is 36.7 Å². The number of hydrogen-bond donors (Lipinski definition) is 3. The van der Waals surface area contributed by atoms with E-state index in [1.54, 1.807) is 37.4 Å². The van der Waals surface area contributed by atoms with Crippen molar-refractivity contribution in [3.63, 3.8) is 0 Å². The number of rotatable bonds is 16. The number of esters is 1. The molecule has 0 spiro atoms. The summed E-state index contributed by atoms with van der Waals surface area (Å²) < 4.78 is 136. The van der Waals surface area contributed by atoms with Crippen LogP contribution in [0.5, 0.6) is 29.0 Å². The molecule has 0 radical (unpaired) electrons. The van der Waals surface area contributed by atoms with Gasteiger partial charge in [0.2, 0.25) is 17.7 Å². The van der Waals surface area contributed by atoms with Gasteiger partial charge in [0.05, 0.1) is 43.7 Å². The highest BCUT2D eigenvalue weighted by molar-refractivity contribution is 7.90. The maximum absolute atomic E-state index is 13.1. The Balaban J connectivity index is 0.000000234. The molecule has 0 saturated carbocycles. The van der Waals surface area contributed by atoms with E-state index in [1.807, 2.05) is 30.4 Å². The number of carbonyl (C=O) groups is 3. The number of amides is 2. The number of aliphatic carboxylic acids is 1. The Morgan fingerprint density at radius 1 is 0.810 bits per heavy atom. The average molecular weight is 1150 g/mol. The van der Waals surface area contributed by atoms with Gasteiger partial charge in [0.25, 0.3) is 15.6 Å². The largest absolute Gasteiger partial charge is 0.489 e. The molecule has 1 unspecified atom stereocenters.